The molecule has 4 nitrogen and oxygen atoms in total. The number of carbonyl (C=O) groups is 1. The van der Waals surface area contributed by atoms with Crippen molar-refractivity contribution in [3.63, 3.8) is 0 Å². The van der Waals surface area contributed by atoms with Crippen LogP contribution in [0.5, 0.6) is 0 Å². The zero-order valence-electron chi connectivity index (χ0n) is 13.0. The van der Waals surface area contributed by atoms with Crippen molar-refractivity contribution in [3.8, 4) is 0 Å². The molecule has 22 heavy (non-hydrogen) atoms. The second-order valence-corrected chi connectivity index (χ2v) is 6.76. The van der Waals surface area contributed by atoms with E-state index < -0.39 is 0 Å². The van der Waals surface area contributed by atoms with Crippen LogP contribution in [0.3, 0.4) is 0 Å². The van der Waals surface area contributed by atoms with Crippen LogP contribution in [0.25, 0.3) is 0 Å². The zero-order chi connectivity index (χ0) is 15.4. The Bertz CT molecular complexity index is 477. The maximum Gasteiger partial charge on any atom is 0.407 e. The topological polar surface area (TPSA) is 64.3 Å². The molecule has 2 saturated carbocycles. The number of alkyl carbamates (subject to hydrolysis) is 1. The summed E-state index contributed by atoms with van der Waals surface area (Å²) >= 11 is 0. The Hall–Kier alpha value is -1.55. The van der Waals surface area contributed by atoms with Crippen molar-refractivity contribution < 1.29 is 9.53 Å². The molecule has 0 aromatic heterocycles. The maximum atomic E-state index is 12.1. The molecule has 0 spiro atoms. The minimum absolute atomic E-state index is 0.278. The smallest absolute Gasteiger partial charge is 0.407 e. The lowest BCUT2D eigenvalue weighted by Crippen LogP contribution is -2.52. The summed E-state index contributed by atoms with van der Waals surface area (Å²) in [6.45, 7) is 1.11. The summed E-state index contributed by atoms with van der Waals surface area (Å²) in [5, 5.41) is 3.13. The summed E-state index contributed by atoms with van der Waals surface area (Å²) in [4.78, 5) is 12.1. The van der Waals surface area contributed by atoms with Crippen LogP contribution in [0, 0.1) is 17.8 Å². The third-order valence-corrected chi connectivity index (χ3v) is 5.27. The van der Waals surface area contributed by atoms with Gasteiger partial charge in [0.15, 0.2) is 0 Å². The van der Waals surface area contributed by atoms with Crippen LogP contribution >= 0.6 is 0 Å². The van der Waals surface area contributed by atoms with Crippen LogP contribution < -0.4 is 11.1 Å². The first kappa shape index (κ1) is 15.3. The first-order chi connectivity index (χ1) is 10.8. The molecular weight excluding hydrogens is 276 g/mol. The van der Waals surface area contributed by atoms with Gasteiger partial charge in [-0.2, -0.15) is 0 Å². The van der Waals surface area contributed by atoms with Crippen molar-refractivity contribution in [1.82, 2.24) is 5.32 Å². The second-order valence-electron chi connectivity index (χ2n) is 6.76. The van der Waals surface area contributed by atoms with E-state index >= 15 is 0 Å². The molecule has 1 aromatic carbocycles. The summed E-state index contributed by atoms with van der Waals surface area (Å²) in [6.07, 6.45) is 5.71. The van der Waals surface area contributed by atoms with Crippen molar-refractivity contribution in [2.75, 3.05) is 6.54 Å². The molecule has 1 amide bonds. The molecule has 3 rings (SSSR count). The molecule has 0 heterocycles. The highest BCUT2D eigenvalue weighted by Crippen LogP contribution is 2.42. The summed E-state index contributed by atoms with van der Waals surface area (Å²) in [6, 6.07) is 10.1. The van der Waals surface area contributed by atoms with Crippen molar-refractivity contribution >= 4 is 6.09 Å². The van der Waals surface area contributed by atoms with E-state index in [9.17, 15) is 4.79 Å². The third kappa shape index (κ3) is 3.61. The molecule has 3 N–H and O–H groups in total. The van der Waals surface area contributed by atoms with E-state index in [1.165, 1.54) is 19.3 Å². The predicted molar refractivity (Wildman–Crippen MR) is 86.2 cm³/mol. The second kappa shape index (κ2) is 7.14. The number of fused-ring (bicyclic) bond motifs is 2. The highest BCUT2D eigenvalue weighted by Gasteiger charge is 2.40. The Labute approximate surface area is 132 Å². The van der Waals surface area contributed by atoms with E-state index in [0.29, 0.717) is 24.4 Å². The van der Waals surface area contributed by atoms with Gasteiger partial charge in [0.25, 0.3) is 0 Å². The summed E-state index contributed by atoms with van der Waals surface area (Å²) in [5.41, 5.74) is 6.87. The Morgan fingerprint density at radius 3 is 2.50 bits per heavy atom. The van der Waals surface area contributed by atoms with Crippen molar-refractivity contribution in [2.45, 2.75) is 44.8 Å². The molecular formula is C18H26N2O2. The lowest BCUT2D eigenvalue weighted by atomic mass is 9.65. The molecule has 4 heteroatoms. The monoisotopic (exact) mass is 302 g/mol. The minimum Gasteiger partial charge on any atom is -0.445 e. The van der Waals surface area contributed by atoms with E-state index in [1.54, 1.807) is 0 Å². The largest absolute Gasteiger partial charge is 0.445 e. The first-order valence-corrected chi connectivity index (χ1v) is 8.43. The molecule has 2 fully saturated rings. The Morgan fingerprint density at radius 1 is 1.18 bits per heavy atom. The molecule has 0 saturated heterocycles. The number of nitrogens with two attached hydrogens (primary N) is 1. The van der Waals surface area contributed by atoms with Gasteiger partial charge in [-0.15, -0.1) is 0 Å². The number of amides is 1. The van der Waals surface area contributed by atoms with Crippen molar-refractivity contribution in [2.24, 2.45) is 23.5 Å². The number of nitrogens with one attached hydrogen (secondary N) is 1. The molecule has 0 radical (unpaired) electrons. The third-order valence-electron chi connectivity index (χ3n) is 5.27. The molecule has 2 aliphatic rings. The van der Waals surface area contributed by atoms with Crippen molar-refractivity contribution in [3.05, 3.63) is 35.9 Å². The molecule has 2 unspecified atom stereocenters. The summed E-state index contributed by atoms with van der Waals surface area (Å²) in [7, 11) is 0. The van der Waals surface area contributed by atoms with Gasteiger partial charge in [-0.25, -0.2) is 4.79 Å². The molecule has 4 atom stereocenters. The van der Waals surface area contributed by atoms with E-state index in [2.05, 4.69) is 5.32 Å². The van der Waals surface area contributed by atoms with Gasteiger partial charge in [0.05, 0.1) is 0 Å². The minimum atomic E-state index is -0.281. The van der Waals surface area contributed by atoms with Gasteiger partial charge in [0.2, 0.25) is 0 Å². The van der Waals surface area contributed by atoms with E-state index in [0.717, 1.165) is 24.9 Å². The fourth-order valence-corrected chi connectivity index (χ4v) is 4.20. The van der Waals surface area contributed by atoms with Gasteiger partial charge in [-0.1, -0.05) is 36.8 Å². The fraction of sp³-hybridized carbons (Fsp3) is 0.611. The van der Waals surface area contributed by atoms with Crippen LogP contribution in [0.15, 0.2) is 30.3 Å². The number of carbonyl (C=O) groups excluding carboxylic acids is 1. The van der Waals surface area contributed by atoms with Gasteiger partial charge in [-0.05, 0) is 55.5 Å². The summed E-state index contributed by atoms with van der Waals surface area (Å²) in [5.74, 6) is 1.78. The van der Waals surface area contributed by atoms with Crippen molar-refractivity contribution in [1.29, 1.82) is 0 Å². The van der Waals surface area contributed by atoms with E-state index in [4.69, 9.17) is 10.5 Å². The van der Waals surface area contributed by atoms with Crippen LogP contribution in [0.4, 0.5) is 4.79 Å². The number of ether oxygens (including phenoxy) is 1. The molecule has 2 bridgehead atoms. The average molecular weight is 302 g/mol. The lowest BCUT2D eigenvalue weighted by molar-refractivity contribution is 0.0722. The molecule has 2 aliphatic carbocycles. The van der Waals surface area contributed by atoms with Gasteiger partial charge >= 0.3 is 6.09 Å². The van der Waals surface area contributed by atoms with E-state index in [-0.39, 0.29) is 12.1 Å². The molecule has 1 aromatic rings. The van der Waals surface area contributed by atoms with Gasteiger partial charge < -0.3 is 15.8 Å². The Kier molecular flexibility index (Phi) is 4.98. The van der Waals surface area contributed by atoms with Crippen LogP contribution in [-0.4, -0.2) is 18.7 Å². The highest BCUT2D eigenvalue weighted by molar-refractivity contribution is 5.67. The quantitative estimate of drug-likeness (QED) is 0.898. The Balaban J connectivity index is 1.52. The highest BCUT2D eigenvalue weighted by atomic mass is 16.5. The number of hydrogen-bond donors (Lipinski definition) is 2. The van der Waals surface area contributed by atoms with E-state index in [1.807, 2.05) is 30.3 Å². The molecule has 120 valence electrons. The SMILES string of the molecule is NCC1C[C@H]2CCC[C@@H](C1)C2NC(=O)OCc1ccccc1. The van der Waals surface area contributed by atoms with Gasteiger partial charge in [-0.3, -0.25) is 0 Å². The number of benzene rings is 1. The zero-order valence-corrected chi connectivity index (χ0v) is 13.0. The van der Waals surface area contributed by atoms with Crippen LogP contribution in [-0.2, 0) is 11.3 Å². The fourth-order valence-electron chi connectivity index (χ4n) is 4.20. The first-order valence-electron chi connectivity index (χ1n) is 8.43. The normalized spacial score (nSPS) is 30.6. The lowest BCUT2D eigenvalue weighted by Gasteiger charge is -2.45. The number of rotatable bonds is 4. The Morgan fingerprint density at radius 2 is 1.86 bits per heavy atom. The predicted octanol–water partition coefficient (Wildman–Crippen LogP) is 3.07. The maximum absolute atomic E-state index is 12.1. The van der Waals surface area contributed by atoms with Crippen LogP contribution in [0.2, 0.25) is 0 Å². The number of hydrogen-bond acceptors (Lipinski definition) is 3. The van der Waals surface area contributed by atoms with Crippen LogP contribution in [0.1, 0.15) is 37.7 Å². The van der Waals surface area contributed by atoms with Gasteiger partial charge in [0, 0.05) is 6.04 Å². The average Bonchev–Trinajstić information content (AvgIpc) is 2.53. The molecule has 0 aliphatic heterocycles. The van der Waals surface area contributed by atoms with Gasteiger partial charge in [0.1, 0.15) is 6.61 Å². The standard InChI is InChI=1S/C18H26N2O2/c19-11-14-9-15-7-4-8-16(10-14)17(15)20-18(21)22-12-13-5-2-1-3-6-13/h1-3,5-6,14-17H,4,7-12,19H2,(H,20,21)/t14?,15-,16+,17?. The summed E-state index contributed by atoms with van der Waals surface area (Å²) < 4.78 is 5.37.